The minimum atomic E-state index is -4.12. The summed E-state index contributed by atoms with van der Waals surface area (Å²) < 4.78 is 58.8. The molecule has 0 fully saturated rings. The smallest absolute Gasteiger partial charge is 0.261 e. The number of imidazole rings is 1. The first kappa shape index (κ1) is 26.8. The quantitative estimate of drug-likeness (QED) is 0.285. The Morgan fingerprint density at radius 3 is 2.59 bits per heavy atom. The van der Waals surface area contributed by atoms with Gasteiger partial charge in [-0.1, -0.05) is 26.0 Å². The maximum Gasteiger partial charge on any atom is 0.261 e. The SMILES string of the molecule is CNC1CC=C(c2cnc(N)c3c(-c4ccc(NS(=O)(=O)c5cccc(F)c5)cc4F)nc(C(C)C)n23)CC1. The van der Waals surface area contributed by atoms with E-state index in [1.54, 1.807) is 6.20 Å². The summed E-state index contributed by atoms with van der Waals surface area (Å²) in [4.78, 5) is 8.98. The van der Waals surface area contributed by atoms with Gasteiger partial charge in [0.05, 0.1) is 22.5 Å². The monoisotopic (exact) mass is 552 g/mol. The first-order chi connectivity index (χ1) is 18.6. The van der Waals surface area contributed by atoms with Crippen molar-refractivity contribution in [3.63, 3.8) is 0 Å². The van der Waals surface area contributed by atoms with E-state index in [1.807, 2.05) is 25.3 Å². The van der Waals surface area contributed by atoms with Crippen molar-refractivity contribution in [3.05, 3.63) is 77.9 Å². The van der Waals surface area contributed by atoms with Gasteiger partial charge in [0, 0.05) is 17.5 Å². The van der Waals surface area contributed by atoms with Crippen LogP contribution in [0.2, 0.25) is 0 Å². The van der Waals surface area contributed by atoms with Crippen LogP contribution in [0.5, 0.6) is 0 Å². The van der Waals surface area contributed by atoms with Crippen molar-refractivity contribution in [1.82, 2.24) is 19.7 Å². The molecule has 2 heterocycles. The lowest BCUT2D eigenvalue weighted by Crippen LogP contribution is -2.26. The second-order valence-electron chi connectivity index (χ2n) is 9.93. The Balaban J connectivity index is 1.58. The Morgan fingerprint density at radius 1 is 1.15 bits per heavy atom. The predicted molar refractivity (Wildman–Crippen MR) is 149 cm³/mol. The molecule has 2 aromatic heterocycles. The van der Waals surface area contributed by atoms with Crippen LogP contribution in [-0.4, -0.2) is 35.9 Å². The minimum Gasteiger partial charge on any atom is -0.382 e. The lowest BCUT2D eigenvalue weighted by Gasteiger charge is -2.22. The highest BCUT2D eigenvalue weighted by atomic mass is 32.2. The summed E-state index contributed by atoms with van der Waals surface area (Å²) in [6.45, 7) is 4.01. The zero-order valence-corrected chi connectivity index (χ0v) is 22.7. The van der Waals surface area contributed by atoms with Crippen molar-refractivity contribution in [2.45, 2.75) is 50.0 Å². The number of halogens is 2. The van der Waals surface area contributed by atoms with Crippen LogP contribution in [0.4, 0.5) is 20.3 Å². The molecule has 4 aromatic rings. The fourth-order valence-corrected chi connectivity index (χ4v) is 6.00. The second kappa shape index (κ2) is 10.4. The molecule has 0 bridgehead atoms. The molecule has 0 spiro atoms. The first-order valence-corrected chi connectivity index (χ1v) is 14.2. The molecular weight excluding hydrogens is 522 g/mol. The van der Waals surface area contributed by atoms with E-state index in [1.165, 1.54) is 24.3 Å². The number of nitrogen functional groups attached to an aromatic ring is 1. The summed E-state index contributed by atoms with van der Waals surface area (Å²) in [5, 5.41) is 3.31. The first-order valence-electron chi connectivity index (χ1n) is 12.7. The van der Waals surface area contributed by atoms with E-state index in [0.29, 0.717) is 17.3 Å². The van der Waals surface area contributed by atoms with Crippen molar-refractivity contribution >= 4 is 32.6 Å². The maximum atomic E-state index is 15.6. The molecule has 0 radical (unpaired) electrons. The molecule has 1 aliphatic rings. The van der Waals surface area contributed by atoms with Crippen molar-refractivity contribution in [2.24, 2.45) is 0 Å². The third-order valence-electron chi connectivity index (χ3n) is 6.96. The number of rotatable bonds is 7. The van der Waals surface area contributed by atoms with Gasteiger partial charge >= 0.3 is 0 Å². The van der Waals surface area contributed by atoms with Crippen LogP contribution in [0.1, 0.15) is 50.5 Å². The van der Waals surface area contributed by atoms with E-state index >= 15 is 4.39 Å². The number of hydrogen-bond donors (Lipinski definition) is 3. The summed E-state index contributed by atoms with van der Waals surface area (Å²) in [6, 6.07) is 8.96. The number of aromatic nitrogens is 3. The standard InChI is InChI=1S/C28H30F2N6O2S/c1-16(2)28-34-25(26-27(31)33-15-24(36(26)28)17-7-9-19(32-3)10-8-17)22-12-11-20(14-23(22)30)35-39(37,38)21-6-4-5-18(29)13-21/h4-7,11-16,19,32,35H,8-10H2,1-3H3,(H2,31,33). The van der Waals surface area contributed by atoms with E-state index in [2.05, 4.69) is 21.1 Å². The molecule has 0 amide bonds. The van der Waals surface area contributed by atoms with Crippen molar-refractivity contribution in [2.75, 3.05) is 17.5 Å². The summed E-state index contributed by atoms with van der Waals surface area (Å²) in [7, 11) is -2.16. The molecular formula is C28H30F2N6O2S. The van der Waals surface area contributed by atoms with Gasteiger partial charge in [-0.15, -0.1) is 0 Å². The van der Waals surface area contributed by atoms with Crippen LogP contribution in [0.3, 0.4) is 0 Å². The average Bonchev–Trinajstić information content (AvgIpc) is 3.31. The molecule has 1 aliphatic carbocycles. The van der Waals surface area contributed by atoms with E-state index in [0.717, 1.165) is 54.6 Å². The van der Waals surface area contributed by atoms with Crippen molar-refractivity contribution in [1.29, 1.82) is 0 Å². The lowest BCUT2D eigenvalue weighted by molar-refractivity contribution is 0.522. The number of nitrogens with one attached hydrogen (secondary N) is 2. The third kappa shape index (κ3) is 5.11. The van der Waals surface area contributed by atoms with Crippen LogP contribution in [0.15, 0.2) is 59.6 Å². The number of nitrogens with two attached hydrogens (primary N) is 1. The predicted octanol–water partition coefficient (Wildman–Crippen LogP) is 5.34. The van der Waals surface area contributed by atoms with Crippen LogP contribution in [0.25, 0.3) is 22.3 Å². The van der Waals surface area contributed by atoms with Gasteiger partial charge in [-0.25, -0.2) is 27.2 Å². The summed E-state index contributed by atoms with van der Waals surface area (Å²) >= 11 is 0. The fraction of sp³-hybridized carbons (Fsp3) is 0.286. The van der Waals surface area contributed by atoms with Gasteiger partial charge < -0.3 is 11.1 Å². The molecule has 5 rings (SSSR count). The van der Waals surface area contributed by atoms with Gasteiger partial charge in [0.15, 0.2) is 0 Å². The molecule has 0 saturated heterocycles. The Bertz CT molecular complexity index is 1700. The molecule has 4 N–H and O–H groups in total. The Hall–Kier alpha value is -3.83. The number of fused-ring (bicyclic) bond motifs is 1. The van der Waals surface area contributed by atoms with Gasteiger partial charge in [-0.2, -0.15) is 0 Å². The highest BCUT2D eigenvalue weighted by Crippen LogP contribution is 2.37. The number of sulfonamides is 1. The van der Waals surface area contributed by atoms with Gasteiger partial charge in [-0.05, 0) is 68.3 Å². The van der Waals surface area contributed by atoms with Crippen LogP contribution < -0.4 is 15.8 Å². The number of anilines is 2. The molecule has 39 heavy (non-hydrogen) atoms. The van der Waals surface area contributed by atoms with Gasteiger partial charge in [0.25, 0.3) is 10.0 Å². The molecule has 1 atom stereocenters. The van der Waals surface area contributed by atoms with Gasteiger partial charge in [0.1, 0.15) is 34.5 Å². The minimum absolute atomic E-state index is 0.00135. The molecule has 11 heteroatoms. The van der Waals surface area contributed by atoms with Crippen molar-refractivity contribution in [3.8, 4) is 11.3 Å². The molecule has 1 unspecified atom stereocenters. The molecule has 0 saturated carbocycles. The number of allylic oxidation sites excluding steroid dienone is 1. The third-order valence-corrected chi connectivity index (χ3v) is 8.34. The number of benzene rings is 2. The topological polar surface area (TPSA) is 114 Å². The number of nitrogens with zero attached hydrogens (tertiary/aromatic N) is 3. The number of hydrogen-bond acceptors (Lipinski definition) is 6. The van der Waals surface area contributed by atoms with E-state index in [-0.39, 0.29) is 27.9 Å². The van der Waals surface area contributed by atoms with Gasteiger partial charge in [0.2, 0.25) is 0 Å². The molecule has 8 nitrogen and oxygen atoms in total. The highest BCUT2D eigenvalue weighted by molar-refractivity contribution is 7.92. The van der Waals surface area contributed by atoms with Crippen LogP contribution >= 0.6 is 0 Å². The Kier molecular flexibility index (Phi) is 7.13. The van der Waals surface area contributed by atoms with E-state index in [9.17, 15) is 12.8 Å². The molecule has 2 aromatic carbocycles. The summed E-state index contributed by atoms with van der Waals surface area (Å²) in [6.07, 6.45) is 6.66. The Morgan fingerprint density at radius 2 is 1.95 bits per heavy atom. The highest BCUT2D eigenvalue weighted by Gasteiger charge is 2.25. The van der Waals surface area contributed by atoms with E-state index < -0.39 is 21.7 Å². The molecule has 0 aliphatic heterocycles. The zero-order chi connectivity index (χ0) is 27.9. The van der Waals surface area contributed by atoms with E-state index in [4.69, 9.17) is 10.7 Å². The van der Waals surface area contributed by atoms with Crippen LogP contribution in [-0.2, 0) is 10.0 Å². The van der Waals surface area contributed by atoms with Crippen molar-refractivity contribution < 1.29 is 17.2 Å². The fourth-order valence-electron chi connectivity index (χ4n) is 4.92. The zero-order valence-electron chi connectivity index (χ0n) is 21.9. The normalized spacial score (nSPS) is 16.1. The maximum absolute atomic E-state index is 15.6. The summed E-state index contributed by atoms with van der Waals surface area (Å²) in [5.74, 6) is -0.447. The Labute approximate surface area is 226 Å². The largest absolute Gasteiger partial charge is 0.382 e. The average molecular weight is 553 g/mol. The second-order valence-corrected chi connectivity index (χ2v) is 11.6. The van der Waals surface area contributed by atoms with Gasteiger partial charge in [-0.3, -0.25) is 9.12 Å². The lowest BCUT2D eigenvalue weighted by atomic mass is 9.93. The summed E-state index contributed by atoms with van der Waals surface area (Å²) in [5.41, 5.74) is 9.32. The van der Waals surface area contributed by atoms with Crippen LogP contribution in [0, 0.1) is 11.6 Å². The molecule has 204 valence electrons.